The predicted octanol–water partition coefficient (Wildman–Crippen LogP) is 2.37. The van der Waals surface area contributed by atoms with Gasteiger partial charge in [0.2, 0.25) is 0 Å². The molecule has 0 aliphatic heterocycles. The smallest absolute Gasteiger partial charge is 0.123 e. The van der Waals surface area contributed by atoms with Gasteiger partial charge in [0.1, 0.15) is 5.82 Å². The normalized spacial score (nSPS) is 12.7. The van der Waals surface area contributed by atoms with E-state index in [1.165, 1.54) is 6.07 Å². The topological polar surface area (TPSA) is 29.9 Å². The number of likely N-dealkylation sites (N-methyl/N-ethyl adjacent to an activating group) is 1. The van der Waals surface area contributed by atoms with Gasteiger partial charge in [0, 0.05) is 13.2 Å². The van der Waals surface area contributed by atoms with Crippen molar-refractivity contribution in [3.8, 4) is 0 Å². The third kappa shape index (κ3) is 2.76. The molecule has 1 N–H and O–H groups in total. The van der Waals surface area contributed by atoms with E-state index in [0.717, 1.165) is 23.2 Å². The second-order valence-corrected chi connectivity index (χ2v) is 4.58. The first-order valence-electron chi connectivity index (χ1n) is 6.00. The Labute approximate surface area is 107 Å². The zero-order valence-corrected chi connectivity index (χ0v) is 10.9. The van der Waals surface area contributed by atoms with Crippen LogP contribution < -0.4 is 5.32 Å². The summed E-state index contributed by atoms with van der Waals surface area (Å²) in [6, 6.07) is 5.07. The highest BCUT2D eigenvalue weighted by Gasteiger charge is 2.14. The van der Waals surface area contributed by atoms with Crippen molar-refractivity contribution in [1.82, 2.24) is 14.9 Å². The maximum atomic E-state index is 13.1. The third-order valence-corrected chi connectivity index (χ3v) is 3.16. The van der Waals surface area contributed by atoms with Gasteiger partial charge in [0.15, 0.2) is 0 Å². The molecule has 2 aromatic rings. The second kappa shape index (κ2) is 5.31. The first-order valence-corrected chi connectivity index (χ1v) is 6.00. The molecule has 18 heavy (non-hydrogen) atoms. The van der Waals surface area contributed by atoms with E-state index in [2.05, 4.69) is 10.3 Å². The van der Waals surface area contributed by atoms with Gasteiger partial charge in [0.05, 0.1) is 18.1 Å². The van der Waals surface area contributed by atoms with E-state index in [9.17, 15) is 4.39 Å². The molecule has 3 nitrogen and oxygen atoms in total. The van der Waals surface area contributed by atoms with Gasteiger partial charge in [-0.2, -0.15) is 0 Å². The van der Waals surface area contributed by atoms with Crippen molar-refractivity contribution in [2.45, 2.75) is 19.4 Å². The fourth-order valence-corrected chi connectivity index (χ4v) is 2.08. The number of nitrogens with one attached hydrogen (secondary N) is 1. The standard InChI is InChI=1S/C14H18FN3/c1-10-6-12(15)5-4-11(10)7-13(16-2)14-8-18(3)9-17-14/h4-6,8-9,13,16H,7H2,1-3H3. The third-order valence-electron chi connectivity index (χ3n) is 3.16. The summed E-state index contributed by atoms with van der Waals surface area (Å²) >= 11 is 0. The van der Waals surface area contributed by atoms with Crippen molar-refractivity contribution in [2.75, 3.05) is 7.05 Å². The van der Waals surface area contributed by atoms with Gasteiger partial charge in [0.25, 0.3) is 0 Å². The number of benzene rings is 1. The number of rotatable bonds is 4. The molecule has 2 rings (SSSR count). The maximum absolute atomic E-state index is 13.1. The number of aryl methyl sites for hydroxylation is 2. The molecule has 0 amide bonds. The van der Waals surface area contributed by atoms with Crippen molar-refractivity contribution >= 4 is 0 Å². The lowest BCUT2D eigenvalue weighted by Gasteiger charge is -2.15. The molecule has 0 saturated heterocycles. The monoisotopic (exact) mass is 247 g/mol. The van der Waals surface area contributed by atoms with E-state index >= 15 is 0 Å². The van der Waals surface area contributed by atoms with Crippen molar-refractivity contribution in [3.63, 3.8) is 0 Å². The molecule has 1 unspecified atom stereocenters. The summed E-state index contributed by atoms with van der Waals surface area (Å²) in [5.41, 5.74) is 3.12. The Hall–Kier alpha value is -1.68. The highest BCUT2D eigenvalue weighted by atomic mass is 19.1. The van der Waals surface area contributed by atoms with Gasteiger partial charge >= 0.3 is 0 Å². The Balaban J connectivity index is 2.20. The molecule has 0 bridgehead atoms. The molecule has 1 aromatic carbocycles. The van der Waals surface area contributed by atoms with Crippen LogP contribution in [0.1, 0.15) is 22.9 Å². The molecule has 1 heterocycles. The minimum Gasteiger partial charge on any atom is -0.340 e. The van der Waals surface area contributed by atoms with Crippen LogP contribution in [0.15, 0.2) is 30.7 Å². The highest BCUT2D eigenvalue weighted by Crippen LogP contribution is 2.19. The van der Waals surface area contributed by atoms with Gasteiger partial charge < -0.3 is 9.88 Å². The first-order chi connectivity index (χ1) is 8.60. The van der Waals surface area contributed by atoms with Crippen LogP contribution in [0, 0.1) is 12.7 Å². The van der Waals surface area contributed by atoms with Gasteiger partial charge in [-0.25, -0.2) is 9.37 Å². The van der Waals surface area contributed by atoms with E-state index < -0.39 is 0 Å². The molecule has 0 saturated carbocycles. The lowest BCUT2D eigenvalue weighted by atomic mass is 9.99. The fourth-order valence-electron chi connectivity index (χ4n) is 2.08. The van der Waals surface area contributed by atoms with E-state index in [0.29, 0.717) is 0 Å². The van der Waals surface area contributed by atoms with Gasteiger partial charge in [-0.3, -0.25) is 0 Å². The van der Waals surface area contributed by atoms with Crippen LogP contribution in [0.3, 0.4) is 0 Å². The van der Waals surface area contributed by atoms with E-state index in [1.807, 2.05) is 37.8 Å². The zero-order chi connectivity index (χ0) is 13.1. The lowest BCUT2D eigenvalue weighted by molar-refractivity contribution is 0.574. The van der Waals surface area contributed by atoms with Crippen molar-refractivity contribution in [2.24, 2.45) is 7.05 Å². The molecule has 0 fully saturated rings. The van der Waals surface area contributed by atoms with Crippen LogP contribution in [-0.4, -0.2) is 16.6 Å². The number of nitrogens with zero attached hydrogens (tertiary/aromatic N) is 2. The van der Waals surface area contributed by atoms with Crippen LogP contribution in [-0.2, 0) is 13.5 Å². The Morgan fingerprint density at radius 3 is 2.78 bits per heavy atom. The highest BCUT2D eigenvalue weighted by molar-refractivity contribution is 5.28. The summed E-state index contributed by atoms with van der Waals surface area (Å²) in [5.74, 6) is -0.185. The van der Waals surface area contributed by atoms with Crippen molar-refractivity contribution in [1.29, 1.82) is 0 Å². The van der Waals surface area contributed by atoms with Gasteiger partial charge in [-0.05, 0) is 43.7 Å². The predicted molar refractivity (Wildman–Crippen MR) is 69.8 cm³/mol. The van der Waals surface area contributed by atoms with Crippen LogP contribution in [0.25, 0.3) is 0 Å². The van der Waals surface area contributed by atoms with E-state index in [4.69, 9.17) is 0 Å². The largest absolute Gasteiger partial charge is 0.340 e. The van der Waals surface area contributed by atoms with E-state index in [-0.39, 0.29) is 11.9 Å². The average molecular weight is 247 g/mol. The zero-order valence-electron chi connectivity index (χ0n) is 10.9. The van der Waals surface area contributed by atoms with Gasteiger partial charge in [-0.1, -0.05) is 6.07 Å². The second-order valence-electron chi connectivity index (χ2n) is 4.58. The Kier molecular flexibility index (Phi) is 3.77. The van der Waals surface area contributed by atoms with Crippen molar-refractivity contribution < 1.29 is 4.39 Å². The summed E-state index contributed by atoms with van der Waals surface area (Å²) in [4.78, 5) is 4.36. The number of hydrogen-bond donors (Lipinski definition) is 1. The Morgan fingerprint density at radius 2 is 2.22 bits per heavy atom. The Morgan fingerprint density at radius 1 is 1.44 bits per heavy atom. The Bertz CT molecular complexity index is 534. The summed E-state index contributed by atoms with van der Waals surface area (Å²) in [5, 5.41) is 3.25. The molecule has 96 valence electrons. The number of halogens is 1. The summed E-state index contributed by atoms with van der Waals surface area (Å²) in [7, 11) is 3.87. The molecule has 4 heteroatoms. The SMILES string of the molecule is CNC(Cc1ccc(F)cc1C)c1cn(C)cn1. The van der Waals surface area contributed by atoms with Crippen LogP contribution >= 0.6 is 0 Å². The molecule has 0 radical (unpaired) electrons. The molecule has 0 spiro atoms. The lowest BCUT2D eigenvalue weighted by Crippen LogP contribution is -2.19. The molecule has 0 aliphatic carbocycles. The molecular formula is C14H18FN3. The molecule has 0 aliphatic rings. The summed E-state index contributed by atoms with van der Waals surface area (Å²) < 4.78 is 15.0. The van der Waals surface area contributed by atoms with Crippen LogP contribution in [0.2, 0.25) is 0 Å². The first kappa shape index (κ1) is 12.8. The minimum absolute atomic E-state index is 0.148. The van der Waals surface area contributed by atoms with Crippen molar-refractivity contribution in [3.05, 3.63) is 53.4 Å². The summed E-state index contributed by atoms with van der Waals surface area (Å²) in [6.45, 7) is 1.93. The molecule has 1 atom stereocenters. The van der Waals surface area contributed by atoms with Crippen LogP contribution in [0.5, 0.6) is 0 Å². The maximum Gasteiger partial charge on any atom is 0.123 e. The molecular weight excluding hydrogens is 229 g/mol. The average Bonchev–Trinajstić information content (AvgIpc) is 2.75. The summed E-state index contributed by atoms with van der Waals surface area (Å²) in [6.07, 6.45) is 4.59. The number of hydrogen-bond acceptors (Lipinski definition) is 2. The minimum atomic E-state index is -0.185. The fraction of sp³-hybridized carbons (Fsp3) is 0.357. The molecule has 1 aromatic heterocycles. The van der Waals surface area contributed by atoms with E-state index in [1.54, 1.807) is 12.4 Å². The number of imidazole rings is 1. The van der Waals surface area contributed by atoms with Crippen LogP contribution in [0.4, 0.5) is 4.39 Å². The van der Waals surface area contributed by atoms with Gasteiger partial charge in [-0.15, -0.1) is 0 Å². The quantitative estimate of drug-likeness (QED) is 0.899. The number of aromatic nitrogens is 2.